The summed E-state index contributed by atoms with van der Waals surface area (Å²) in [5.41, 5.74) is 2.22. The van der Waals surface area contributed by atoms with Gasteiger partial charge in [0.25, 0.3) is 0 Å². The van der Waals surface area contributed by atoms with Gasteiger partial charge in [-0.15, -0.1) is 0 Å². The minimum Gasteiger partial charge on any atom is -0.493 e. The Labute approximate surface area is 179 Å². The summed E-state index contributed by atoms with van der Waals surface area (Å²) in [6.07, 6.45) is 3.63. The summed E-state index contributed by atoms with van der Waals surface area (Å²) in [6.45, 7) is 3.70. The maximum absolute atomic E-state index is 5.93. The van der Waals surface area contributed by atoms with Crippen molar-refractivity contribution in [1.29, 1.82) is 0 Å². The predicted molar refractivity (Wildman–Crippen MR) is 120 cm³/mol. The van der Waals surface area contributed by atoms with Crippen molar-refractivity contribution >= 4 is 5.96 Å². The molecule has 0 aliphatic heterocycles. The molecule has 1 saturated carbocycles. The van der Waals surface area contributed by atoms with Gasteiger partial charge in [0.2, 0.25) is 0 Å². The Morgan fingerprint density at radius 2 is 1.87 bits per heavy atom. The molecule has 1 aliphatic carbocycles. The van der Waals surface area contributed by atoms with Crippen molar-refractivity contribution in [3.63, 3.8) is 0 Å². The van der Waals surface area contributed by atoms with Crippen LogP contribution >= 0.6 is 0 Å². The molecule has 162 valence electrons. The molecule has 0 heterocycles. The van der Waals surface area contributed by atoms with E-state index in [1.165, 1.54) is 12.8 Å². The zero-order valence-electron chi connectivity index (χ0n) is 18.0. The summed E-state index contributed by atoms with van der Waals surface area (Å²) in [7, 11) is 3.44. The molecule has 0 atom stereocenters. The van der Waals surface area contributed by atoms with Crippen molar-refractivity contribution in [2.75, 3.05) is 33.9 Å². The van der Waals surface area contributed by atoms with Gasteiger partial charge in [0.05, 0.1) is 7.11 Å². The number of hydrogen-bond donors (Lipinski definition) is 2. The fourth-order valence-corrected chi connectivity index (χ4v) is 3.00. The van der Waals surface area contributed by atoms with Gasteiger partial charge in [-0.1, -0.05) is 36.4 Å². The number of benzene rings is 2. The van der Waals surface area contributed by atoms with Gasteiger partial charge in [0.15, 0.2) is 17.5 Å². The lowest BCUT2D eigenvalue weighted by molar-refractivity contribution is 0.123. The highest BCUT2D eigenvalue weighted by Crippen LogP contribution is 2.29. The summed E-state index contributed by atoms with van der Waals surface area (Å²) in [6, 6.07) is 16.1. The molecule has 2 aromatic carbocycles. The molecule has 0 bridgehead atoms. The minimum absolute atomic E-state index is 0.510. The first kappa shape index (κ1) is 22.0. The Bertz CT molecular complexity index is 792. The van der Waals surface area contributed by atoms with Gasteiger partial charge in [-0.05, 0) is 48.4 Å². The van der Waals surface area contributed by atoms with Gasteiger partial charge in [-0.3, -0.25) is 4.99 Å². The van der Waals surface area contributed by atoms with Gasteiger partial charge in [-0.2, -0.15) is 0 Å². The number of guanidine groups is 1. The Hall–Kier alpha value is -2.73. The number of nitrogens with one attached hydrogen (secondary N) is 2. The van der Waals surface area contributed by atoms with E-state index in [0.717, 1.165) is 60.7 Å². The molecule has 0 saturated heterocycles. The average Bonchev–Trinajstić information content (AvgIpc) is 3.62. The van der Waals surface area contributed by atoms with E-state index in [4.69, 9.17) is 14.2 Å². The van der Waals surface area contributed by atoms with Crippen molar-refractivity contribution in [3.8, 4) is 11.5 Å². The number of aliphatic imine (C=N–C) groups is 1. The van der Waals surface area contributed by atoms with Gasteiger partial charge in [0, 0.05) is 33.4 Å². The van der Waals surface area contributed by atoms with Crippen molar-refractivity contribution in [2.45, 2.75) is 32.4 Å². The number of methoxy groups -OCH3 is 1. The zero-order valence-corrected chi connectivity index (χ0v) is 18.0. The highest BCUT2D eigenvalue weighted by atomic mass is 16.5. The molecule has 1 fully saturated rings. The standard InChI is InChI=1S/C24H33N3O3/c1-25-24(26-13-6-14-29-17-20-9-10-20)27-16-21-11-12-22(23(15-21)28-2)30-18-19-7-4-3-5-8-19/h3-5,7-8,11-12,15,20H,6,9-10,13-14,16-18H2,1-2H3,(H2,25,26,27). The fourth-order valence-electron chi connectivity index (χ4n) is 3.00. The van der Waals surface area contributed by atoms with Crippen molar-refractivity contribution in [3.05, 3.63) is 59.7 Å². The summed E-state index contributed by atoms with van der Waals surface area (Å²) in [5.74, 6) is 3.06. The van der Waals surface area contributed by atoms with Gasteiger partial charge in [0.1, 0.15) is 6.61 Å². The van der Waals surface area contributed by atoms with Crippen molar-refractivity contribution < 1.29 is 14.2 Å². The van der Waals surface area contributed by atoms with Crippen LogP contribution in [0.25, 0.3) is 0 Å². The second-order valence-corrected chi connectivity index (χ2v) is 7.48. The normalized spacial score (nSPS) is 13.7. The number of rotatable bonds is 12. The van der Waals surface area contributed by atoms with Crippen LogP contribution in [0, 0.1) is 5.92 Å². The molecule has 6 heteroatoms. The van der Waals surface area contributed by atoms with Crippen molar-refractivity contribution in [1.82, 2.24) is 10.6 Å². The number of nitrogens with zero attached hydrogens (tertiary/aromatic N) is 1. The third-order valence-electron chi connectivity index (χ3n) is 4.96. The Morgan fingerprint density at radius 1 is 1.03 bits per heavy atom. The summed E-state index contributed by atoms with van der Waals surface area (Å²) in [5, 5.41) is 6.66. The van der Waals surface area contributed by atoms with E-state index in [9.17, 15) is 0 Å². The van der Waals surface area contributed by atoms with Crippen LogP contribution in [0.15, 0.2) is 53.5 Å². The average molecular weight is 412 g/mol. The van der Waals surface area contributed by atoms with E-state index in [2.05, 4.69) is 15.6 Å². The first-order chi connectivity index (χ1) is 14.8. The van der Waals surface area contributed by atoms with Crippen LogP contribution in [0.5, 0.6) is 11.5 Å². The zero-order chi connectivity index (χ0) is 21.0. The van der Waals surface area contributed by atoms with Crippen LogP contribution in [0.4, 0.5) is 0 Å². The second-order valence-electron chi connectivity index (χ2n) is 7.48. The van der Waals surface area contributed by atoms with Gasteiger partial charge in [-0.25, -0.2) is 0 Å². The van der Waals surface area contributed by atoms with E-state index in [1.807, 2.05) is 48.5 Å². The lowest BCUT2D eigenvalue weighted by Crippen LogP contribution is -2.37. The molecule has 2 aromatic rings. The van der Waals surface area contributed by atoms with E-state index < -0.39 is 0 Å². The van der Waals surface area contributed by atoms with Crippen LogP contribution < -0.4 is 20.1 Å². The van der Waals surface area contributed by atoms with Crippen LogP contribution in [-0.4, -0.2) is 39.9 Å². The maximum Gasteiger partial charge on any atom is 0.191 e. The monoisotopic (exact) mass is 411 g/mol. The first-order valence-corrected chi connectivity index (χ1v) is 10.6. The fraction of sp³-hybridized carbons (Fsp3) is 0.458. The minimum atomic E-state index is 0.510. The molecule has 0 spiro atoms. The number of ether oxygens (including phenoxy) is 3. The van der Waals surface area contributed by atoms with Crippen LogP contribution in [-0.2, 0) is 17.9 Å². The third-order valence-corrected chi connectivity index (χ3v) is 4.96. The van der Waals surface area contributed by atoms with Crippen molar-refractivity contribution in [2.24, 2.45) is 10.9 Å². The SMILES string of the molecule is CN=C(NCCCOCC1CC1)NCc1ccc(OCc2ccccc2)c(OC)c1. The molecule has 0 unspecified atom stereocenters. The van der Waals surface area contributed by atoms with Crippen LogP contribution in [0.2, 0.25) is 0 Å². The maximum atomic E-state index is 5.93. The van der Waals surface area contributed by atoms with Gasteiger partial charge >= 0.3 is 0 Å². The van der Waals surface area contributed by atoms with E-state index in [1.54, 1.807) is 14.2 Å². The van der Waals surface area contributed by atoms with Crippen LogP contribution in [0.1, 0.15) is 30.4 Å². The largest absolute Gasteiger partial charge is 0.493 e. The third kappa shape index (κ3) is 7.59. The molecule has 30 heavy (non-hydrogen) atoms. The topological polar surface area (TPSA) is 64.1 Å². The molecule has 0 amide bonds. The molecule has 0 radical (unpaired) electrons. The predicted octanol–water partition coefficient (Wildman–Crippen LogP) is 3.76. The second kappa shape index (κ2) is 12.1. The van der Waals surface area contributed by atoms with Gasteiger partial charge < -0.3 is 24.8 Å². The summed E-state index contributed by atoms with van der Waals surface area (Å²) < 4.78 is 17.1. The Balaban J connectivity index is 1.40. The molecular formula is C24H33N3O3. The molecule has 3 rings (SSSR count). The molecule has 2 N–H and O–H groups in total. The van der Waals surface area contributed by atoms with E-state index in [-0.39, 0.29) is 0 Å². The highest BCUT2D eigenvalue weighted by Gasteiger charge is 2.20. The Kier molecular flexibility index (Phi) is 8.84. The van der Waals surface area contributed by atoms with E-state index in [0.29, 0.717) is 13.2 Å². The lowest BCUT2D eigenvalue weighted by atomic mass is 10.2. The lowest BCUT2D eigenvalue weighted by Gasteiger charge is -2.14. The Morgan fingerprint density at radius 3 is 2.60 bits per heavy atom. The summed E-state index contributed by atoms with van der Waals surface area (Å²) >= 11 is 0. The number of hydrogen-bond acceptors (Lipinski definition) is 4. The van der Waals surface area contributed by atoms with E-state index >= 15 is 0 Å². The molecular weight excluding hydrogens is 378 g/mol. The summed E-state index contributed by atoms with van der Waals surface area (Å²) in [4.78, 5) is 4.28. The molecule has 0 aromatic heterocycles. The molecule has 6 nitrogen and oxygen atoms in total. The first-order valence-electron chi connectivity index (χ1n) is 10.6. The quantitative estimate of drug-likeness (QED) is 0.316. The highest BCUT2D eigenvalue weighted by molar-refractivity contribution is 5.79. The molecule has 1 aliphatic rings. The van der Waals surface area contributed by atoms with Crippen LogP contribution in [0.3, 0.4) is 0 Å². The smallest absolute Gasteiger partial charge is 0.191 e.